The van der Waals surface area contributed by atoms with Crippen LogP contribution in [0.25, 0.3) is 0 Å². The molecular formula is C17H23NO2. The summed E-state index contributed by atoms with van der Waals surface area (Å²) in [5.74, 6) is 0.359. The number of nitrogens with one attached hydrogen (secondary N) is 1. The largest absolute Gasteiger partial charge is 0.378 e. The fourth-order valence-electron chi connectivity index (χ4n) is 3.23. The standard InChI is InChI=1S/C17H23NO2/c19-17(9-3-7-15-8-4-10-20-15)16-11-13-5-1-2-6-14(13)12-18-16/h1-2,5-6,15-16,18H,3-4,7-12H2. The van der Waals surface area contributed by atoms with Gasteiger partial charge in [-0.05, 0) is 43.2 Å². The van der Waals surface area contributed by atoms with Gasteiger partial charge in [-0.15, -0.1) is 0 Å². The number of carbonyl (C=O) groups is 1. The van der Waals surface area contributed by atoms with E-state index in [2.05, 4.69) is 29.6 Å². The van der Waals surface area contributed by atoms with E-state index < -0.39 is 0 Å². The number of rotatable bonds is 5. The average Bonchev–Trinajstić information content (AvgIpc) is 3.00. The van der Waals surface area contributed by atoms with E-state index in [0.717, 1.165) is 32.4 Å². The molecule has 1 fully saturated rings. The molecule has 1 N–H and O–H groups in total. The molecule has 0 aliphatic carbocycles. The van der Waals surface area contributed by atoms with E-state index in [4.69, 9.17) is 4.74 Å². The number of hydrogen-bond donors (Lipinski definition) is 1. The van der Waals surface area contributed by atoms with E-state index in [-0.39, 0.29) is 6.04 Å². The van der Waals surface area contributed by atoms with Gasteiger partial charge in [0.05, 0.1) is 12.1 Å². The van der Waals surface area contributed by atoms with Crippen molar-refractivity contribution in [1.82, 2.24) is 5.32 Å². The third-order valence-corrected chi connectivity index (χ3v) is 4.44. The fourth-order valence-corrected chi connectivity index (χ4v) is 3.23. The van der Waals surface area contributed by atoms with Gasteiger partial charge in [0.15, 0.2) is 0 Å². The molecule has 0 bridgehead atoms. The van der Waals surface area contributed by atoms with Crippen molar-refractivity contribution in [3.8, 4) is 0 Å². The molecular weight excluding hydrogens is 250 g/mol. The quantitative estimate of drug-likeness (QED) is 0.896. The highest BCUT2D eigenvalue weighted by Gasteiger charge is 2.24. The van der Waals surface area contributed by atoms with E-state index in [1.807, 2.05) is 0 Å². The van der Waals surface area contributed by atoms with Crippen LogP contribution in [-0.2, 0) is 22.5 Å². The minimum absolute atomic E-state index is 0.00870. The Bertz CT molecular complexity index is 466. The van der Waals surface area contributed by atoms with Gasteiger partial charge in [0.1, 0.15) is 5.78 Å². The van der Waals surface area contributed by atoms with Crippen LogP contribution in [0.3, 0.4) is 0 Å². The van der Waals surface area contributed by atoms with Gasteiger partial charge in [-0.1, -0.05) is 24.3 Å². The van der Waals surface area contributed by atoms with Crippen molar-refractivity contribution in [3.63, 3.8) is 0 Å². The van der Waals surface area contributed by atoms with Crippen LogP contribution in [0.4, 0.5) is 0 Å². The Kier molecular flexibility index (Phi) is 4.48. The van der Waals surface area contributed by atoms with Crippen molar-refractivity contribution in [2.45, 2.75) is 57.2 Å². The van der Waals surface area contributed by atoms with Crippen molar-refractivity contribution in [1.29, 1.82) is 0 Å². The van der Waals surface area contributed by atoms with Crippen molar-refractivity contribution in [2.24, 2.45) is 0 Å². The lowest BCUT2D eigenvalue weighted by Gasteiger charge is -2.25. The van der Waals surface area contributed by atoms with Gasteiger partial charge in [0.2, 0.25) is 0 Å². The molecule has 1 aromatic carbocycles. The monoisotopic (exact) mass is 273 g/mol. The molecule has 2 atom stereocenters. The summed E-state index contributed by atoms with van der Waals surface area (Å²) in [5.41, 5.74) is 2.65. The van der Waals surface area contributed by atoms with Crippen LogP contribution in [0.2, 0.25) is 0 Å². The zero-order valence-corrected chi connectivity index (χ0v) is 11.9. The first-order valence-corrected chi connectivity index (χ1v) is 7.77. The second-order valence-corrected chi connectivity index (χ2v) is 5.90. The number of fused-ring (bicyclic) bond motifs is 1. The number of hydrogen-bond acceptors (Lipinski definition) is 3. The van der Waals surface area contributed by atoms with Gasteiger partial charge in [0, 0.05) is 19.6 Å². The number of ketones is 1. The zero-order valence-electron chi connectivity index (χ0n) is 11.9. The van der Waals surface area contributed by atoms with Crippen molar-refractivity contribution < 1.29 is 9.53 Å². The maximum Gasteiger partial charge on any atom is 0.150 e. The maximum absolute atomic E-state index is 12.3. The number of benzene rings is 1. The Morgan fingerprint density at radius 3 is 2.95 bits per heavy atom. The normalized spacial score (nSPS) is 25.4. The van der Waals surface area contributed by atoms with Gasteiger partial charge >= 0.3 is 0 Å². The molecule has 0 saturated carbocycles. The van der Waals surface area contributed by atoms with Crippen LogP contribution in [0.15, 0.2) is 24.3 Å². The lowest BCUT2D eigenvalue weighted by atomic mass is 9.92. The number of Topliss-reactive ketones (excluding diaryl/α,β-unsaturated/α-hetero) is 1. The van der Waals surface area contributed by atoms with E-state index >= 15 is 0 Å². The van der Waals surface area contributed by atoms with Crippen LogP contribution in [0.1, 0.15) is 43.2 Å². The summed E-state index contributed by atoms with van der Waals surface area (Å²) in [4.78, 5) is 12.3. The first-order valence-electron chi connectivity index (χ1n) is 7.77. The molecule has 3 rings (SSSR count). The van der Waals surface area contributed by atoms with Gasteiger partial charge in [-0.3, -0.25) is 4.79 Å². The summed E-state index contributed by atoms with van der Waals surface area (Å²) in [7, 11) is 0. The lowest BCUT2D eigenvalue weighted by Crippen LogP contribution is -2.41. The predicted octanol–water partition coefficient (Wildman–Crippen LogP) is 2.62. The Labute approximate surface area is 120 Å². The zero-order chi connectivity index (χ0) is 13.8. The Morgan fingerprint density at radius 1 is 1.30 bits per heavy atom. The van der Waals surface area contributed by atoms with Crippen molar-refractivity contribution in [2.75, 3.05) is 6.61 Å². The lowest BCUT2D eigenvalue weighted by molar-refractivity contribution is -0.121. The van der Waals surface area contributed by atoms with Gasteiger partial charge < -0.3 is 10.1 Å². The maximum atomic E-state index is 12.3. The molecule has 0 aromatic heterocycles. The van der Waals surface area contributed by atoms with E-state index in [1.165, 1.54) is 24.0 Å². The Hall–Kier alpha value is -1.19. The van der Waals surface area contributed by atoms with Crippen LogP contribution in [0, 0.1) is 0 Å². The van der Waals surface area contributed by atoms with Gasteiger partial charge in [-0.25, -0.2) is 0 Å². The molecule has 108 valence electrons. The highest BCUT2D eigenvalue weighted by molar-refractivity contribution is 5.84. The molecule has 3 nitrogen and oxygen atoms in total. The van der Waals surface area contributed by atoms with Crippen LogP contribution >= 0.6 is 0 Å². The fraction of sp³-hybridized carbons (Fsp3) is 0.588. The molecule has 0 amide bonds. The van der Waals surface area contributed by atoms with Crippen LogP contribution < -0.4 is 5.32 Å². The number of ether oxygens (including phenoxy) is 1. The van der Waals surface area contributed by atoms with Crippen LogP contribution in [-0.4, -0.2) is 24.5 Å². The molecule has 20 heavy (non-hydrogen) atoms. The molecule has 3 heteroatoms. The molecule has 1 aromatic rings. The van der Waals surface area contributed by atoms with Crippen LogP contribution in [0.5, 0.6) is 0 Å². The van der Waals surface area contributed by atoms with E-state index in [1.54, 1.807) is 0 Å². The van der Waals surface area contributed by atoms with Gasteiger partial charge in [0.25, 0.3) is 0 Å². The highest BCUT2D eigenvalue weighted by atomic mass is 16.5. The SMILES string of the molecule is O=C(CCCC1CCCO1)C1Cc2ccccc2CN1. The minimum Gasteiger partial charge on any atom is -0.378 e. The third kappa shape index (κ3) is 3.28. The van der Waals surface area contributed by atoms with Crippen molar-refractivity contribution in [3.05, 3.63) is 35.4 Å². The molecule has 0 spiro atoms. The second-order valence-electron chi connectivity index (χ2n) is 5.90. The summed E-state index contributed by atoms with van der Waals surface area (Å²) in [6, 6.07) is 8.41. The summed E-state index contributed by atoms with van der Waals surface area (Å²) < 4.78 is 5.60. The average molecular weight is 273 g/mol. The summed E-state index contributed by atoms with van der Waals surface area (Å²) in [5, 5.41) is 3.37. The van der Waals surface area contributed by atoms with E-state index in [9.17, 15) is 4.79 Å². The second kappa shape index (κ2) is 6.51. The first kappa shape index (κ1) is 13.8. The summed E-state index contributed by atoms with van der Waals surface area (Å²) in [6.07, 6.45) is 6.28. The third-order valence-electron chi connectivity index (χ3n) is 4.44. The highest BCUT2D eigenvalue weighted by Crippen LogP contribution is 2.20. The molecule has 2 unspecified atom stereocenters. The first-order chi connectivity index (χ1) is 9.83. The minimum atomic E-state index is 0.00870. The number of carbonyl (C=O) groups excluding carboxylic acids is 1. The Morgan fingerprint density at radius 2 is 2.15 bits per heavy atom. The molecule has 0 radical (unpaired) electrons. The Balaban J connectivity index is 1.46. The van der Waals surface area contributed by atoms with Crippen molar-refractivity contribution >= 4 is 5.78 Å². The molecule has 1 saturated heterocycles. The predicted molar refractivity (Wildman–Crippen MR) is 78.6 cm³/mol. The molecule has 2 heterocycles. The summed E-state index contributed by atoms with van der Waals surface area (Å²) in [6.45, 7) is 1.72. The summed E-state index contributed by atoms with van der Waals surface area (Å²) >= 11 is 0. The molecule has 2 aliphatic rings. The van der Waals surface area contributed by atoms with Gasteiger partial charge in [-0.2, -0.15) is 0 Å². The smallest absolute Gasteiger partial charge is 0.150 e. The molecule has 2 aliphatic heterocycles. The topological polar surface area (TPSA) is 38.3 Å². The van der Waals surface area contributed by atoms with E-state index in [0.29, 0.717) is 18.3 Å².